The van der Waals surface area contributed by atoms with Crippen molar-refractivity contribution in [2.24, 2.45) is 0 Å². The molecule has 5 nitrogen and oxygen atoms in total. The Labute approximate surface area is 544 Å². The van der Waals surface area contributed by atoms with Crippen molar-refractivity contribution in [2.75, 3.05) is 13.2 Å². The Morgan fingerprint density at radius 1 is 0.276 bits per heavy atom. The molecule has 0 aromatic rings. The average molecular weight is 1220 g/mol. The van der Waals surface area contributed by atoms with Gasteiger partial charge in [0.2, 0.25) is 0 Å². The molecule has 0 spiro atoms. The van der Waals surface area contributed by atoms with E-state index in [4.69, 9.17) is 9.47 Å². The molecule has 0 aromatic heterocycles. The molecule has 0 aliphatic rings. The molecule has 0 saturated heterocycles. The summed E-state index contributed by atoms with van der Waals surface area (Å²) in [4.78, 5) is 24.7. The van der Waals surface area contributed by atoms with Crippen molar-refractivity contribution in [1.82, 2.24) is 0 Å². The summed E-state index contributed by atoms with van der Waals surface area (Å²) < 4.78 is 10.8. The number of ether oxygens (including phenoxy) is 2. The zero-order chi connectivity index (χ0) is 62.6. The highest BCUT2D eigenvalue weighted by molar-refractivity contribution is 5.70. The van der Waals surface area contributed by atoms with Crippen LogP contribution in [0.2, 0.25) is 0 Å². The second-order valence-corrected chi connectivity index (χ2v) is 26.8. The summed E-state index contributed by atoms with van der Waals surface area (Å²) in [5.41, 5.74) is 0. The Bertz CT molecular complexity index is 1480. The first-order valence-corrected chi connectivity index (χ1v) is 39.3. The minimum atomic E-state index is -0.771. The van der Waals surface area contributed by atoms with Gasteiger partial charge in [0.05, 0.1) is 6.61 Å². The average Bonchev–Trinajstić information content (AvgIpc) is 3.52. The van der Waals surface area contributed by atoms with Crippen LogP contribution >= 0.6 is 0 Å². The number of unbranched alkanes of at least 4 members (excludes halogenated alkanes) is 56. The van der Waals surface area contributed by atoms with Gasteiger partial charge in [0.25, 0.3) is 0 Å². The molecule has 0 radical (unpaired) electrons. The van der Waals surface area contributed by atoms with Crippen molar-refractivity contribution in [1.29, 1.82) is 0 Å². The van der Waals surface area contributed by atoms with Crippen molar-refractivity contribution >= 4 is 11.9 Å². The maximum Gasteiger partial charge on any atom is 0.306 e. The number of carbonyl (C=O) groups excluding carboxylic acids is 2. The van der Waals surface area contributed by atoms with Gasteiger partial charge in [0.15, 0.2) is 6.10 Å². The largest absolute Gasteiger partial charge is 0.462 e. The van der Waals surface area contributed by atoms with E-state index >= 15 is 0 Å². The zero-order valence-electron chi connectivity index (χ0n) is 58.8. The molecule has 0 rings (SSSR count). The number of aliphatic hydroxyl groups excluding tert-OH is 1. The Balaban J connectivity index is 3.37. The lowest BCUT2D eigenvalue weighted by molar-refractivity contribution is -0.161. The fourth-order valence-corrected chi connectivity index (χ4v) is 12.2. The van der Waals surface area contributed by atoms with Crippen LogP contribution in [0.5, 0.6) is 0 Å². The van der Waals surface area contributed by atoms with E-state index in [9.17, 15) is 14.7 Å². The molecule has 0 fully saturated rings. The molecule has 0 heterocycles. The third-order valence-corrected chi connectivity index (χ3v) is 18.1. The minimum absolute atomic E-state index is 0.0590. The summed E-state index contributed by atoms with van der Waals surface area (Å²) in [6, 6.07) is 0. The third kappa shape index (κ3) is 76.0. The lowest BCUT2D eigenvalue weighted by Crippen LogP contribution is -2.28. The van der Waals surface area contributed by atoms with Crippen LogP contribution in [0.25, 0.3) is 0 Å². The summed E-state index contributed by atoms with van der Waals surface area (Å²) in [5.74, 6) is -0.563. The third-order valence-electron chi connectivity index (χ3n) is 18.1. The molecule has 0 aliphatic carbocycles. The highest BCUT2D eigenvalue weighted by Crippen LogP contribution is 2.20. The molecule has 0 aliphatic heterocycles. The molecule has 0 saturated carbocycles. The fraction of sp³-hybridized carbons (Fsp3) is 0.854. The quantitative estimate of drug-likeness (QED) is 0.0373. The summed E-state index contributed by atoms with van der Waals surface area (Å²) in [6.45, 7) is 4.10. The summed E-state index contributed by atoms with van der Waals surface area (Å²) >= 11 is 0. The molecular formula is C82H152O5. The first-order chi connectivity index (χ1) is 43.1. The first kappa shape index (κ1) is 84.6. The minimum Gasteiger partial charge on any atom is -0.462 e. The van der Waals surface area contributed by atoms with Gasteiger partial charge in [-0.1, -0.05) is 421 Å². The Morgan fingerprint density at radius 3 is 0.747 bits per heavy atom. The van der Waals surface area contributed by atoms with Crippen molar-refractivity contribution < 1.29 is 24.2 Å². The SMILES string of the molecule is CC/C=C\C/C=C\C/C=C\C/C=C\C/C=C\CCCCCCCCCCCCCCCCCCCCCCCCCC(=O)OC(CO)COC(=O)CCCCCCCCCCCCCCCCCCCCCCCCCCCCCCCCCCCC. The predicted octanol–water partition coefficient (Wildman–Crippen LogP) is 27.6. The number of carbonyl (C=O) groups is 2. The maximum atomic E-state index is 12.4. The van der Waals surface area contributed by atoms with E-state index in [1.54, 1.807) is 0 Å². The monoisotopic (exact) mass is 1220 g/mol. The molecule has 87 heavy (non-hydrogen) atoms. The molecule has 0 bridgehead atoms. The normalized spacial score (nSPS) is 12.4. The van der Waals surface area contributed by atoms with Gasteiger partial charge in [-0.25, -0.2) is 0 Å². The molecule has 5 heteroatoms. The van der Waals surface area contributed by atoms with Crippen molar-refractivity contribution in [3.8, 4) is 0 Å². The van der Waals surface area contributed by atoms with E-state index in [2.05, 4.69) is 74.6 Å². The van der Waals surface area contributed by atoms with Gasteiger partial charge in [-0.15, -0.1) is 0 Å². The van der Waals surface area contributed by atoms with Gasteiger partial charge in [0, 0.05) is 12.8 Å². The highest BCUT2D eigenvalue weighted by atomic mass is 16.6. The fourth-order valence-electron chi connectivity index (χ4n) is 12.2. The number of rotatable bonds is 74. The molecular weight excluding hydrogens is 1060 g/mol. The second-order valence-electron chi connectivity index (χ2n) is 26.8. The van der Waals surface area contributed by atoms with Gasteiger partial charge >= 0.3 is 11.9 Å². The molecule has 1 N–H and O–H groups in total. The van der Waals surface area contributed by atoms with Crippen molar-refractivity contribution in [2.45, 2.75) is 437 Å². The Morgan fingerprint density at radius 2 is 0.494 bits per heavy atom. The maximum absolute atomic E-state index is 12.4. The van der Waals surface area contributed by atoms with Gasteiger partial charge in [-0.05, 0) is 57.8 Å². The van der Waals surface area contributed by atoms with E-state index in [1.807, 2.05) is 0 Å². The van der Waals surface area contributed by atoms with Crippen LogP contribution in [0.1, 0.15) is 431 Å². The lowest BCUT2D eigenvalue weighted by atomic mass is 10.0. The van der Waals surface area contributed by atoms with E-state index < -0.39 is 6.10 Å². The van der Waals surface area contributed by atoms with E-state index in [0.717, 1.165) is 64.2 Å². The van der Waals surface area contributed by atoms with Crippen LogP contribution in [0.4, 0.5) is 0 Å². The van der Waals surface area contributed by atoms with Gasteiger partial charge in [-0.3, -0.25) is 9.59 Å². The number of aliphatic hydroxyl groups is 1. The van der Waals surface area contributed by atoms with Crippen LogP contribution in [-0.2, 0) is 19.1 Å². The highest BCUT2D eigenvalue weighted by Gasteiger charge is 2.16. The molecule has 0 amide bonds. The van der Waals surface area contributed by atoms with Crippen LogP contribution in [0, 0.1) is 0 Å². The van der Waals surface area contributed by atoms with E-state index in [-0.39, 0.29) is 25.2 Å². The Kier molecular flexibility index (Phi) is 75.7. The number of hydrogen-bond acceptors (Lipinski definition) is 5. The van der Waals surface area contributed by atoms with E-state index in [1.165, 1.54) is 340 Å². The zero-order valence-corrected chi connectivity index (χ0v) is 58.8. The van der Waals surface area contributed by atoms with E-state index in [0.29, 0.717) is 12.8 Å². The smallest absolute Gasteiger partial charge is 0.306 e. The van der Waals surface area contributed by atoms with Gasteiger partial charge < -0.3 is 14.6 Å². The lowest BCUT2D eigenvalue weighted by Gasteiger charge is -2.15. The van der Waals surface area contributed by atoms with Crippen LogP contribution in [0.15, 0.2) is 60.8 Å². The van der Waals surface area contributed by atoms with Crippen molar-refractivity contribution in [3.05, 3.63) is 60.8 Å². The first-order valence-electron chi connectivity index (χ1n) is 39.3. The summed E-state index contributed by atoms with van der Waals surface area (Å²) in [6.07, 6.45) is 107. The summed E-state index contributed by atoms with van der Waals surface area (Å²) in [7, 11) is 0. The van der Waals surface area contributed by atoms with Gasteiger partial charge in [-0.2, -0.15) is 0 Å². The predicted molar refractivity (Wildman–Crippen MR) is 385 cm³/mol. The number of esters is 2. The summed E-state index contributed by atoms with van der Waals surface area (Å²) in [5, 5.41) is 9.73. The standard InChI is InChI=1S/C82H152O5/c1-3-5-7-9-11-13-15-17-19-21-23-25-27-29-31-33-35-37-39-40-41-42-43-45-47-49-51-53-55-57-59-61-63-65-67-69-71-73-75-77-82(85)87-80(78-83)79-86-81(84)76-74-72-70-68-66-64-62-60-58-56-54-52-50-48-46-44-38-36-34-32-30-28-26-24-22-20-18-16-14-12-10-8-6-4-2/h5,7,11,13,17,19,23,25,29,31,80,83H,3-4,6,8-10,12,14-16,18,20-22,24,26-28,30,32-79H2,1-2H3/b7-5-,13-11-,19-17-,25-23-,31-29-. The van der Waals surface area contributed by atoms with Crippen LogP contribution < -0.4 is 0 Å². The molecule has 1 atom stereocenters. The molecule has 1 unspecified atom stereocenters. The number of hydrogen-bond donors (Lipinski definition) is 1. The second kappa shape index (κ2) is 77.8. The Hall–Kier alpha value is -2.40. The number of allylic oxidation sites excluding steroid dienone is 10. The van der Waals surface area contributed by atoms with Crippen LogP contribution in [0.3, 0.4) is 0 Å². The van der Waals surface area contributed by atoms with Gasteiger partial charge in [0.1, 0.15) is 6.61 Å². The molecule has 510 valence electrons. The molecule has 0 aromatic carbocycles. The van der Waals surface area contributed by atoms with Crippen molar-refractivity contribution in [3.63, 3.8) is 0 Å². The van der Waals surface area contributed by atoms with Crippen LogP contribution in [-0.4, -0.2) is 36.4 Å². The topological polar surface area (TPSA) is 72.8 Å².